The van der Waals surface area contributed by atoms with Crippen molar-refractivity contribution >= 4 is 16.0 Å². The van der Waals surface area contributed by atoms with E-state index in [0.717, 1.165) is 11.1 Å². The van der Waals surface area contributed by atoms with Crippen molar-refractivity contribution in [3.05, 3.63) is 59.9 Å². The number of aromatic nitrogens is 1. The lowest BCUT2D eigenvalue weighted by atomic mass is 10.2. The molecule has 8 heteroatoms. The molecule has 1 aromatic heterocycles. The molecule has 0 spiro atoms. The predicted molar refractivity (Wildman–Crippen MR) is 91.6 cm³/mol. The first kappa shape index (κ1) is 16.4. The Balaban J connectivity index is 1.62. The Kier molecular flexibility index (Phi) is 4.77. The van der Waals surface area contributed by atoms with E-state index in [2.05, 4.69) is 20.0 Å². The SMILES string of the molecule is Cc1ccc(S(=O)(=O)NC2=NCN(Cc3cccnc3)CN2)cc1. The predicted octanol–water partition coefficient (Wildman–Crippen LogP) is 1.04. The van der Waals surface area contributed by atoms with E-state index in [0.29, 0.717) is 19.9 Å². The van der Waals surface area contributed by atoms with Gasteiger partial charge in [0.1, 0.15) is 0 Å². The molecule has 7 nitrogen and oxygen atoms in total. The second kappa shape index (κ2) is 6.98. The lowest BCUT2D eigenvalue weighted by Gasteiger charge is -2.26. The third kappa shape index (κ3) is 4.09. The standard InChI is InChI=1S/C16H19N5O2S/c1-13-4-6-15(7-5-13)24(22,23)20-16-18-11-21(12-19-16)10-14-3-2-8-17-9-14/h2-9H,10-12H2,1H3,(H2,18,19,20). The highest BCUT2D eigenvalue weighted by Crippen LogP contribution is 2.10. The van der Waals surface area contributed by atoms with Gasteiger partial charge in [-0.25, -0.2) is 18.1 Å². The Morgan fingerprint density at radius 3 is 2.67 bits per heavy atom. The van der Waals surface area contributed by atoms with Crippen molar-refractivity contribution in [2.24, 2.45) is 4.99 Å². The Hall–Kier alpha value is -2.45. The van der Waals surface area contributed by atoms with Gasteiger partial charge in [0.25, 0.3) is 10.0 Å². The van der Waals surface area contributed by atoms with Crippen LogP contribution in [0.1, 0.15) is 11.1 Å². The molecule has 3 rings (SSSR count). The topological polar surface area (TPSA) is 86.7 Å². The number of pyridine rings is 1. The van der Waals surface area contributed by atoms with Crippen molar-refractivity contribution in [1.82, 2.24) is 19.9 Å². The minimum atomic E-state index is -3.62. The molecule has 2 N–H and O–H groups in total. The van der Waals surface area contributed by atoms with Crippen molar-refractivity contribution in [1.29, 1.82) is 0 Å². The second-order valence-electron chi connectivity index (χ2n) is 5.59. The molecule has 24 heavy (non-hydrogen) atoms. The van der Waals surface area contributed by atoms with Crippen LogP contribution in [0.3, 0.4) is 0 Å². The van der Waals surface area contributed by atoms with Gasteiger partial charge in [-0.05, 0) is 30.7 Å². The summed E-state index contributed by atoms with van der Waals surface area (Å²) in [5, 5.41) is 2.99. The summed E-state index contributed by atoms with van der Waals surface area (Å²) >= 11 is 0. The van der Waals surface area contributed by atoms with Gasteiger partial charge in [0.05, 0.1) is 18.2 Å². The molecule has 1 aliphatic rings. The molecular weight excluding hydrogens is 326 g/mol. The molecule has 2 heterocycles. The van der Waals surface area contributed by atoms with Crippen molar-refractivity contribution < 1.29 is 8.42 Å². The maximum atomic E-state index is 12.3. The van der Waals surface area contributed by atoms with E-state index in [1.54, 1.807) is 36.7 Å². The van der Waals surface area contributed by atoms with Gasteiger partial charge in [-0.15, -0.1) is 0 Å². The van der Waals surface area contributed by atoms with Crippen molar-refractivity contribution in [3.63, 3.8) is 0 Å². The number of hydrogen-bond donors (Lipinski definition) is 2. The molecule has 0 bridgehead atoms. The van der Waals surface area contributed by atoms with Gasteiger partial charge in [0.2, 0.25) is 5.96 Å². The minimum Gasteiger partial charge on any atom is -0.343 e. The van der Waals surface area contributed by atoms with Crippen LogP contribution in [0.2, 0.25) is 0 Å². The molecule has 0 amide bonds. The average Bonchev–Trinajstić information content (AvgIpc) is 2.58. The summed E-state index contributed by atoms with van der Waals surface area (Å²) in [4.78, 5) is 10.6. The van der Waals surface area contributed by atoms with Crippen LogP contribution in [0.25, 0.3) is 0 Å². The largest absolute Gasteiger partial charge is 0.343 e. The fourth-order valence-corrected chi connectivity index (χ4v) is 3.29. The number of aryl methyl sites for hydroxylation is 1. The number of guanidine groups is 1. The fraction of sp³-hybridized carbons (Fsp3) is 0.250. The van der Waals surface area contributed by atoms with E-state index >= 15 is 0 Å². The van der Waals surface area contributed by atoms with Crippen LogP contribution in [0, 0.1) is 6.92 Å². The summed E-state index contributed by atoms with van der Waals surface area (Å²) in [5.41, 5.74) is 2.09. The van der Waals surface area contributed by atoms with Gasteiger partial charge in [-0.2, -0.15) is 0 Å². The zero-order valence-corrected chi connectivity index (χ0v) is 14.1. The molecule has 0 unspecified atom stereocenters. The molecule has 1 aliphatic heterocycles. The van der Waals surface area contributed by atoms with E-state index in [1.807, 2.05) is 24.0 Å². The summed E-state index contributed by atoms with van der Waals surface area (Å²) in [6.07, 6.45) is 3.54. The zero-order valence-electron chi connectivity index (χ0n) is 13.3. The summed E-state index contributed by atoms with van der Waals surface area (Å²) in [6, 6.07) is 10.6. The molecule has 0 saturated heterocycles. The maximum absolute atomic E-state index is 12.3. The van der Waals surface area contributed by atoms with Gasteiger partial charge in [-0.1, -0.05) is 23.8 Å². The van der Waals surface area contributed by atoms with Crippen molar-refractivity contribution in [2.45, 2.75) is 18.4 Å². The van der Waals surface area contributed by atoms with Crippen LogP contribution in [-0.4, -0.2) is 37.6 Å². The number of aliphatic imine (C=N–C) groups is 1. The highest BCUT2D eigenvalue weighted by molar-refractivity contribution is 7.90. The van der Waals surface area contributed by atoms with E-state index in [9.17, 15) is 8.42 Å². The first-order chi connectivity index (χ1) is 11.5. The Morgan fingerprint density at radius 1 is 1.25 bits per heavy atom. The number of rotatable bonds is 4. The normalized spacial score (nSPS) is 15.5. The smallest absolute Gasteiger partial charge is 0.264 e. The highest BCUT2D eigenvalue weighted by Gasteiger charge is 2.19. The third-order valence-electron chi connectivity index (χ3n) is 3.59. The number of hydrogen-bond acceptors (Lipinski definition) is 6. The molecule has 0 aliphatic carbocycles. The number of nitrogens with one attached hydrogen (secondary N) is 2. The van der Waals surface area contributed by atoms with E-state index in [-0.39, 0.29) is 10.9 Å². The van der Waals surface area contributed by atoms with Gasteiger partial charge in [-0.3, -0.25) is 9.88 Å². The minimum absolute atomic E-state index is 0.218. The van der Waals surface area contributed by atoms with Crippen LogP contribution < -0.4 is 10.0 Å². The second-order valence-corrected chi connectivity index (χ2v) is 7.27. The Labute approximate surface area is 141 Å². The molecule has 2 aromatic rings. The summed E-state index contributed by atoms with van der Waals surface area (Å²) < 4.78 is 27.1. The molecule has 126 valence electrons. The molecule has 0 saturated carbocycles. The van der Waals surface area contributed by atoms with Crippen LogP contribution in [0.5, 0.6) is 0 Å². The molecular formula is C16H19N5O2S. The first-order valence-electron chi connectivity index (χ1n) is 7.52. The van der Waals surface area contributed by atoms with Crippen molar-refractivity contribution in [2.75, 3.05) is 13.3 Å². The highest BCUT2D eigenvalue weighted by atomic mass is 32.2. The van der Waals surface area contributed by atoms with Gasteiger partial charge in [0.15, 0.2) is 0 Å². The lowest BCUT2D eigenvalue weighted by Crippen LogP contribution is -2.49. The Morgan fingerprint density at radius 2 is 2.04 bits per heavy atom. The van der Waals surface area contributed by atoms with Crippen LogP contribution in [0.4, 0.5) is 0 Å². The van der Waals surface area contributed by atoms with E-state index in [4.69, 9.17) is 0 Å². The van der Waals surface area contributed by atoms with Crippen molar-refractivity contribution in [3.8, 4) is 0 Å². The zero-order chi connectivity index (χ0) is 17.0. The molecule has 0 fully saturated rings. The Bertz CT molecular complexity index is 819. The van der Waals surface area contributed by atoms with Crippen LogP contribution in [-0.2, 0) is 16.6 Å². The lowest BCUT2D eigenvalue weighted by molar-refractivity contribution is 0.255. The van der Waals surface area contributed by atoms with E-state index in [1.165, 1.54) is 0 Å². The monoisotopic (exact) mass is 345 g/mol. The molecule has 0 atom stereocenters. The van der Waals surface area contributed by atoms with E-state index < -0.39 is 10.0 Å². The van der Waals surface area contributed by atoms with Gasteiger partial charge < -0.3 is 5.32 Å². The van der Waals surface area contributed by atoms with Gasteiger partial charge in [0, 0.05) is 18.9 Å². The van der Waals surface area contributed by atoms with Crippen LogP contribution >= 0.6 is 0 Å². The average molecular weight is 345 g/mol. The summed E-state index contributed by atoms with van der Waals surface area (Å²) in [7, 11) is -3.62. The quantitative estimate of drug-likeness (QED) is 0.865. The maximum Gasteiger partial charge on any atom is 0.264 e. The fourth-order valence-electron chi connectivity index (χ4n) is 2.29. The van der Waals surface area contributed by atoms with Crippen LogP contribution in [0.15, 0.2) is 58.7 Å². The number of benzene rings is 1. The number of nitrogens with zero attached hydrogens (tertiary/aromatic N) is 3. The van der Waals surface area contributed by atoms with Gasteiger partial charge >= 0.3 is 0 Å². The third-order valence-corrected chi connectivity index (χ3v) is 4.95. The first-order valence-corrected chi connectivity index (χ1v) is 9.00. The summed E-state index contributed by atoms with van der Waals surface area (Å²) in [5.74, 6) is 0.262. The molecule has 1 aromatic carbocycles. The number of sulfonamides is 1. The summed E-state index contributed by atoms with van der Waals surface area (Å²) in [6.45, 7) is 3.52. The molecule has 0 radical (unpaired) electrons.